The number of hydrogen-bond donors (Lipinski definition) is 7. The van der Waals surface area contributed by atoms with Crippen LogP contribution in [0.2, 0.25) is 0 Å². The van der Waals surface area contributed by atoms with Gasteiger partial charge in [0.2, 0.25) is 6.29 Å². The van der Waals surface area contributed by atoms with E-state index < -0.39 is 74.0 Å². The van der Waals surface area contributed by atoms with Crippen LogP contribution in [0.3, 0.4) is 0 Å². The maximum Gasteiger partial charge on any atom is 0.328 e. The van der Waals surface area contributed by atoms with Crippen molar-refractivity contribution in [1.82, 2.24) is 0 Å². The third-order valence-electron chi connectivity index (χ3n) is 5.75. The van der Waals surface area contributed by atoms with Gasteiger partial charge in [-0.2, -0.15) is 0 Å². The molecule has 7 N–H and O–H groups in total. The molecule has 2 saturated heterocycles. The van der Waals surface area contributed by atoms with Gasteiger partial charge in [0.1, 0.15) is 42.7 Å². The van der Waals surface area contributed by atoms with E-state index >= 15 is 0 Å². The zero-order valence-electron chi connectivity index (χ0n) is 18.9. The maximum absolute atomic E-state index is 10.7. The zero-order chi connectivity index (χ0) is 25.9. The number of aliphatic hydroxyl groups excluding tert-OH is 6. The first-order chi connectivity index (χ1) is 16.5. The predicted molar refractivity (Wildman–Crippen MR) is 115 cm³/mol. The van der Waals surface area contributed by atoms with Gasteiger partial charge in [-0.05, 0) is 30.7 Å². The summed E-state index contributed by atoms with van der Waals surface area (Å²) >= 11 is 0. The van der Waals surface area contributed by atoms with E-state index in [1.807, 2.05) is 0 Å². The minimum absolute atomic E-state index is 0.101. The first-order valence-corrected chi connectivity index (χ1v) is 10.8. The molecule has 0 aromatic heterocycles. The molecular weight excluding hydrogens is 472 g/mol. The second kappa shape index (κ2) is 11.6. The molecule has 13 heteroatoms. The Morgan fingerprint density at radius 3 is 2.23 bits per heavy atom. The Balaban J connectivity index is 1.69. The third-order valence-corrected chi connectivity index (χ3v) is 5.75. The van der Waals surface area contributed by atoms with Crippen LogP contribution in [0.1, 0.15) is 12.5 Å². The van der Waals surface area contributed by atoms with Crippen molar-refractivity contribution in [3.63, 3.8) is 0 Å². The Morgan fingerprint density at radius 2 is 1.57 bits per heavy atom. The van der Waals surface area contributed by atoms with E-state index in [4.69, 9.17) is 28.8 Å². The van der Waals surface area contributed by atoms with E-state index in [0.717, 1.165) is 6.08 Å². The highest BCUT2D eigenvalue weighted by Crippen LogP contribution is 2.33. The van der Waals surface area contributed by atoms with Gasteiger partial charge in [-0.15, -0.1) is 0 Å². The Labute approximate surface area is 200 Å². The lowest BCUT2D eigenvalue weighted by Crippen LogP contribution is -2.61. The number of carboxylic acids is 1. The monoisotopic (exact) mass is 502 g/mol. The van der Waals surface area contributed by atoms with Crippen molar-refractivity contribution in [3.05, 3.63) is 29.8 Å². The third kappa shape index (κ3) is 6.27. The first-order valence-electron chi connectivity index (χ1n) is 10.8. The molecule has 0 bridgehead atoms. The van der Waals surface area contributed by atoms with Gasteiger partial charge in [0, 0.05) is 6.08 Å². The molecule has 0 unspecified atom stereocenters. The summed E-state index contributed by atoms with van der Waals surface area (Å²) in [4.78, 5) is 10.7. The van der Waals surface area contributed by atoms with E-state index in [1.165, 1.54) is 38.3 Å². The summed E-state index contributed by atoms with van der Waals surface area (Å²) in [6.45, 7) is 1.04. The van der Waals surface area contributed by atoms with E-state index in [9.17, 15) is 35.4 Å². The van der Waals surface area contributed by atoms with Gasteiger partial charge in [0.25, 0.3) is 0 Å². The number of ether oxygens (including phenoxy) is 5. The molecule has 35 heavy (non-hydrogen) atoms. The number of aliphatic carboxylic acids is 1. The Kier molecular flexibility index (Phi) is 9.04. The number of hydrogen-bond acceptors (Lipinski definition) is 12. The van der Waals surface area contributed by atoms with Gasteiger partial charge in [0.15, 0.2) is 17.8 Å². The molecule has 0 radical (unpaired) electrons. The number of benzene rings is 1. The van der Waals surface area contributed by atoms with E-state index in [1.54, 1.807) is 0 Å². The lowest BCUT2D eigenvalue weighted by Gasteiger charge is -2.42. The van der Waals surface area contributed by atoms with Gasteiger partial charge in [-0.25, -0.2) is 4.79 Å². The largest absolute Gasteiger partial charge is 0.493 e. The van der Waals surface area contributed by atoms with Crippen LogP contribution in [0.4, 0.5) is 0 Å². The molecule has 3 rings (SSSR count). The van der Waals surface area contributed by atoms with Crippen LogP contribution in [-0.4, -0.2) is 117 Å². The molecule has 2 aliphatic heterocycles. The Hall–Kier alpha value is -2.33. The molecule has 10 atom stereocenters. The van der Waals surface area contributed by atoms with E-state index in [2.05, 4.69) is 0 Å². The quantitative estimate of drug-likeness (QED) is 0.189. The van der Waals surface area contributed by atoms with Crippen molar-refractivity contribution in [2.75, 3.05) is 13.7 Å². The van der Waals surface area contributed by atoms with Crippen LogP contribution in [0.15, 0.2) is 24.3 Å². The summed E-state index contributed by atoms with van der Waals surface area (Å²) in [6, 6.07) is 4.46. The van der Waals surface area contributed by atoms with Crippen LogP contribution >= 0.6 is 0 Å². The fourth-order valence-electron chi connectivity index (χ4n) is 3.67. The highest BCUT2D eigenvalue weighted by atomic mass is 16.7. The second-order valence-corrected chi connectivity index (χ2v) is 8.23. The SMILES string of the molecule is COc1cc(/C=C/C(=O)O)ccc1O[C@@H]1O[C@H](CO[C@@H]2O[C@@H](C)[C@H](O)[C@@H](O)[C@H]2O)[C@@H](O)[C@H](O)[C@H]1O. The molecule has 2 aliphatic rings. The minimum Gasteiger partial charge on any atom is -0.493 e. The van der Waals surface area contributed by atoms with Gasteiger partial charge >= 0.3 is 5.97 Å². The second-order valence-electron chi connectivity index (χ2n) is 8.23. The summed E-state index contributed by atoms with van der Waals surface area (Å²) in [7, 11) is 1.35. The highest BCUT2D eigenvalue weighted by molar-refractivity contribution is 5.85. The van der Waals surface area contributed by atoms with Crippen molar-refractivity contribution in [2.45, 2.75) is 68.3 Å². The lowest BCUT2D eigenvalue weighted by molar-refractivity contribution is -0.318. The van der Waals surface area contributed by atoms with Crippen molar-refractivity contribution < 1.29 is 64.2 Å². The van der Waals surface area contributed by atoms with Gasteiger partial charge in [-0.3, -0.25) is 0 Å². The fourth-order valence-corrected chi connectivity index (χ4v) is 3.67. The number of methoxy groups -OCH3 is 1. The van der Waals surface area contributed by atoms with Crippen molar-refractivity contribution >= 4 is 12.0 Å². The van der Waals surface area contributed by atoms with Gasteiger partial charge in [-0.1, -0.05) is 6.07 Å². The minimum atomic E-state index is -1.69. The summed E-state index contributed by atoms with van der Waals surface area (Å²) in [5, 5.41) is 69.5. The molecule has 0 saturated carbocycles. The maximum atomic E-state index is 10.7. The molecule has 2 fully saturated rings. The Bertz CT molecular complexity index is 892. The zero-order valence-corrected chi connectivity index (χ0v) is 18.9. The molecule has 0 spiro atoms. The number of carboxylic acid groups (broad SMARTS) is 1. The molecule has 1 aromatic carbocycles. The van der Waals surface area contributed by atoms with Crippen LogP contribution in [0, 0.1) is 0 Å². The van der Waals surface area contributed by atoms with Crippen LogP contribution in [0.5, 0.6) is 11.5 Å². The number of carbonyl (C=O) groups is 1. The smallest absolute Gasteiger partial charge is 0.328 e. The van der Waals surface area contributed by atoms with Crippen molar-refractivity contribution in [3.8, 4) is 11.5 Å². The van der Waals surface area contributed by atoms with Crippen LogP contribution in [-0.2, 0) is 19.0 Å². The molecule has 2 heterocycles. The van der Waals surface area contributed by atoms with Crippen molar-refractivity contribution in [2.24, 2.45) is 0 Å². The topological polar surface area (TPSA) is 205 Å². The lowest BCUT2D eigenvalue weighted by atomic mass is 9.98. The normalized spacial score (nSPS) is 37.8. The highest BCUT2D eigenvalue weighted by Gasteiger charge is 2.47. The standard InChI is InChI=1S/C22H30O13/c1-9-15(25)17(27)19(29)21(33-9)32-8-13-16(26)18(28)20(30)22(35-13)34-11-5-3-10(4-6-14(23)24)7-12(11)31-2/h3-7,9,13,15-22,25-30H,8H2,1-2H3,(H,23,24)/b6-4+/t9-,13+,15-,16+,17+,18-,19+,20+,21+,22+/m0/s1. The van der Waals surface area contributed by atoms with Gasteiger partial charge in [0.05, 0.1) is 19.8 Å². The summed E-state index contributed by atoms with van der Waals surface area (Å²) < 4.78 is 27.3. The molecule has 0 amide bonds. The molecule has 13 nitrogen and oxygen atoms in total. The first kappa shape index (κ1) is 27.3. The van der Waals surface area contributed by atoms with Crippen molar-refractivity contribution in [1.29, 1.82) is 0 Å². The molecule has 0 aliphatic carbocycles. The van der Waals surface area contributed by atoms with Crippen LogP contribution in [0.25, 0.3) is 6.08 Å². The van der Waals surface area contributed by atoms with Gasteiger partial charge < -0.3 is 59.4 Å². The molecule has 1 aromatic rings. The fraction of sp³-hybridized carbons (Fsp3) is 0.591. The predicted octanol–water partition coefficient (Wildman–Crippen LogP) is -2.18. The average molecular weight is 502 g/mol. The average Bonchev–Trinajstić information content (AvgIpc) is 2.84. The summed E-state index contributed by atoms with van der Waals surface area (Å²) in [5.41, 5.74) is 0.496. The summed E-state index contributed by atoms with van der Waals surface area (Å²) in [5.74, 6) is -0.846. The number of aliphatic hydroxyl groups is 6. The summed E-state index contributed by atoms with van der Waals surface area (Å²) in [6.07, 6.45) is -12.0. The number of rotatable bonds is 8. The van der Waals surface area contributed by atoms with E-state index in [-0.39, 0.29) is 11.5 Å². The molecule has 196 valence electrons. The van der Waals surface area contributed by atoms with Crippen LogP contribution < -0.4 is 9.47 Å². The Morgan fingerprint density at radius 1 is 0.914 bits per heavy atom. The van der Waals surface area contributed by atoms with E-state index in [0.29, 0.717) is 5.56 Å². The molecular formula is C22H30O13.